The molecule has 0 aliphatic carbocycles. The van der Waals surface area contributed by atoms with Crippen molar-refractivity contribution >= 4 is 11.7 Å². The van der Waals surface area contributed by atoms with E-state index >= 15 is 0 Å². The van der Waals surface area contributed by atoms with Crippen molar-refractivity contribution in [1.29, 1.82) is 0 Å². The fourth-order valence-electron chi connectivity index (χ4n) is 1.02. The number of nitrogens with zero attached hydrogens (tertiary/aromatic N) is 3. The van der Waals surface area contributed by atoms with Crippen molar-refractivity contribution < 1.29 is 5.21 Å². The molecule has 0 atom stereocenters. The van der Waals surface area contributed by atoms with Crippen LogP contribution in [0.5, 0.6) is 0 Å². The molecule has 0 unspecified atom stereocenters. The lowest BCUT2D eigenvalue weighted by Gasteiger charge is -2.00. The summed E-state index contributed by atoms with van der Waals surface area (Å²) in [6.45, 7) is 2.58. The highest BCUT2D eigenvalue weighted by Gasteiger charge is 2.00. The average molecular weight is 197 g/mol. The van der Waals surface area contributed by atoms with E-state index in [0.29, 0.717) is 13.0 Å². The normalized spacial score (nSPS) is 11.7. The summed E-state index contributed by atoms with van der Waals surface area (Å²) in [5.41, 5.74) is 6.39. The number of hydrogen-bond donors (Lipinski definition) is 3. The van der Waals surface area contributed by atoms with Gasteiger partial charge in [0.25, 0.3) is 0 Å². The lowest BCUT2D eigenvalue weighted by atomic mass is 10.4. The summed E-state index contributed by atoms with van der Waals surface area (Å²) in [5, 5.41) is 18.4. The predicted molar refractivity (Wildman–Crippen MR) is 54.5 cm³/mol. The molecular weight excluding hydrogens is 182 g/mol. The van der Waals surface area contributed by atoms with Crippen molar-refractivity contribution in [1.82, 2.24) is 9.78 Å². The summed E-state index contributed by atoms with van der Waals surface area (Å²) in [6, 6.07) is 1.94. The quantitative estimate of drug-likeness (QED) is 0.280. The van der Waals surface area contributed by atoms with Gasteiger partial charge in [-0.15, -0.1) is 0 Å². The average Bonchev–Trinajstić information content (AvgIpc) is 2.46. The molecular formula is C8H15N5O. The molecule has 1 aromatic heterocycles. The van der Waals surface area contributed by atoms with Crippen LogP contribution in [0.1, 0.15) is 12.1 Å². The number of aryl methyl sites for hydroxylation is 2. The zero-order valence-corrected chi connectivity index (χ0v) is 8.36. The number of oxime groups is 1. The summed E-state index contributed by atoms with van der Waals surface area (Å²) in [7, 11) is 1.88. The molecule has 0 radical (unpaired) electrons. The largest absolute Gasteiger partial charge is 0.409 e. The smallest absolute Gasteiger partial charge is 0.148 e. The van der Waals surface area contributed by atoms with Crippen molar-refractivity contribution in [3.05, 3.63) is 11.8 Å². The highest BCUT2D eigenvalue weighted by molar-refractivity contribution is 5.80. The lowest BCUT2D eigenvalue weighted by Crippen LogP contribution is -2.16. The van der Waals surface area contributed by atoms with Gasteiger partial charge in [-0.2, -0.15) is 5.10 Å². The van der Waals surface area contributed by atoms with Crippen LogP contribution < -0.4 is 11.1 Å². The van der Waals surface area contributed by atoms with E-state index in [1.807, 2.05) is 20.0 Å². The number of aromatic nitrogens is 2. The van der Waals surface area contributed by atoms with Crippen LogP contribution in [-0.4, -0.2) is 27.4 Å². The van der Waals surface area contributed by atoms with Crippen molar-refractivity contribution in [2.24, 2.45) is 17.9 Å². The Hall–Kier alpha value is -1.72. The first-order chi connectivity index (χ1) is 6.63. The Morgan fingerprint density at radius 1 is 1.79 bits per heavy atom. The topological polar surface area (TPSA) is 88.5 Å². The Morgan fingerprint density at radius 2 is 2.50 bits per heavy atom. The third-order valence-electron chi connectivity index (χ3n) is 1.93. The van der Waals surface area contributed by atoms with Gasteiger partial charge in [0, 0.05) is 31.8 Å². The van der Waals surface area contributed by atoms with Crippen LogP contribution in [-0.2, 0) is 7.05 Å². The molecule has 1 aromatic rings. The first kappa shape index (κ1) is 10.4. The standard InChI is InChI=1S/C8H15N5O/c1-6-5-8(11-13(6)2)10-4-3-7(9)12-14/h5,14H,3-4H2,1-2H3,(H2,9,12)(H,10,11). The number of hydrogen-bond acceptors (Lipinski definition) is 4. The van der Waals surface area contributed by atoms with Crippen LogP contribution in [0, 0.1) is 6.92 Å². The second kappa shape index (κ2) is 4.50. The van der Waals surface area contributed by atoms with Gasteiger partial charge >= 0.3 is 0 Å². The third-order valence-corrected chi connectivity index (χ3v) is 1.93. The Labute approximate surface area is 82.4 Å². The van der Waals surface area contributed by atoms with E-state index in [-0.39, 0.29) is 5.84 Å². The Morgan fingerprint density at radius 3 is 3.00 bits per heavy atom. The molecule has 0 aliphatic heterocycles. The van der Waals surface area contributed by atoms with Gasteiger partial charge in [-0.1, -0.05) is 5.16 Å². The molecule has 0 aromatic carbocycles. The summed E-state index contributed by atoms with van der Waals surface area (Å²) in [5.74, 6) is 1.01. The van der Waals surface area contributed by atoms with Gasteiger partial charge in [0.15, 0.2) is 0 Å². The Balaban J connectivity index is 2.39. The molecule has 78 valence electrons. The van der Waals surface area contributed by atoms with Crippen molar-refractivity contribution in [3.8, 4) is 0 Å². The van der Waals surface area contributed by atoms with Crippen molar-refractivity contribution in [3.63, 3.8) is 0 Å². The maximum absolute atomic E-state index is 8.30. The molecule has 0 fully saturated rings. The predicted octanol–water partition coefficient (Wildman–Crippen LogP) is 0.277. The van der Waals surface area contributed by atoms with Crippen LogP contribution >= 0.6 is 0 Å². The molecule has 0 saturated carbocycles. The van der Waals surface area contributed by atoms with Crippen LogP contribution in [0.4, 0.5) is 5.82 Å². The second-order valence-corrected chi connectivity index (χ2v) is 3.06. The molecule has 1 heterocycles. The molecule has 6 nitrogen and oxygen atoms in total. The van der Waals surface area contributed by atoms with Gasteiger partial charge in [-0.25, -0.2) is 0 Å². The molecule has 6 heteroatoms. The highest BCUT2D eigenvalue weighted by Crippen LogP contribution is 2.06. The van der Waals surface area contributed by atoms with E-state index in [2.05, 4.69) is 15.6 Å². The highest BCUT2D eigenvalue weighted by atomic mass is 16.4. The van der Waals surface area contributed by atoms with E-state index < -0.39 is 0 Å². The summed E-state index contributed by atoms with van der Waals surface area (Å²) >= 11 is 0. The minimum atomic E-state index is 0.213. The molecule has 0 saturated heterocycles. The molecule has 4 N–H and O–H groups in total. The Kier molecular flexibility index (Phi) is 3.33. The maximum atomic E-state index is 8.30. The summed E-state index contributed by atoms with van der Waals surface area (Å²) in [4.78, 5) is 0. The van der Waals surface area contributed by atoms with E-state index in [4.69, 9.17) is 10.9 Å². The number of nitrogens with two attached hydrogens (primary N) is 1. The van der Waals surface area contributed by atoms with E-state index in [9.17, 15) is 0 Å². The Bertz CT molecular complexity index is 311. The molecule has 0 amide bonds. The SMILES string of the molecule is Cc1cc(NCC/C(N)=N/O)nn1C. The van der Waals surface area contributed by atoms with Gasteiger partial charge in [0.1, 0.15) is 11.7 Å². The molecule has 0 spiro atoms. The van der Waals surface area contributed by atoms with Gasteiger partial charge < -0.3 is 16.3 Å². The fourth-order valence-corrected chi connectivity index (χ4v) is 1.02. The van der Waals surface area contributed by atoms with Crippen LogP contribution in [0.25, 0.3) is 0 Å². The number of rotatable bonds is 4. The second-order valence-electron chi connectivity index (χ2n) is 3.06. The fraction of sp³-hybridized carbons (Fsp3) is 0.500. The van der Waals surface area contributed by atoms with Crippen LogP contribution in [0.2, 0.25) is 0 Å². The van der Waals surface area contributed by atoms with E-state index in [1.54, 1.807) is 4.68 Å². The van der Waals surface area contributed by atoms with Gasteiger partial charge in [0.2, 0.25) is 0 Å². The van der Waals surface area contributed by atoms with Crippen LogP contribution in [0.15, 0.2) is 11.2 Å². The molecule has 14 heavy (non-hydrogen) atoms. The van der Waals surface area contributed by atoms with Gasteiger partial charge in [0.05, 0.1) is 0 Å². The van der Waals surface area contributed by atoms with Crippen molar-refractivity contribution in [2.75, 3.05) is 11.9 Å². The molecule has 0 aliphatic rings. The van der Waals surface area contributed by atoms with E-state index in [1.165, 1.54) is 0 Å². The number of anilines is 1. The zero-order valence-electron chi connectivity index (χ0n) is 8.36. The molecule has 0 bridgehead atoms. The summed E-state index contributed by atoms with van der Waals surface area (Å²) < 4.78 is 1.78. The lowest BCUT2D eigenvalue weighted by molar-refractivity contribution is 0.317. The van der Waals surface area contributed by atoms with Crippen LogP contribution in [0.3, 0.4) is 0 Å². The van der Waals surface area contributed by atoms with Gasteiger partial charge in [-0.3, -0.25) is 4.68 Å². The number of nitrogens with one attached hydrogen (secondary N) is 1. The van der Waals surface area contributed by atoms with Crippen molar-refractivity contribution in [2.45, 2.75) is 13.3 Å². The minimum absolute atomic E-state index is 0.213. The first-order valence-corrected chi connectivity index (χ1v) is 4.34. The maximum Gasteiger partial charge on any atom is 0.148 e. The monoisotopic (exact) mass is 197 g/mol. The third kappa shape index (κ3) is 2.65. The minimum Gasteiger partial charge on any atom is -0.409 e. The zero-order chi connectivity index (χ0) is 10.6. The summed E-state index contributed by atoms with van der Waals surface area (Å²) in [6.07, 6.45) is 0.492. The first-order valence-electron chi connectivity index (χ1n) is 4.34. The number of amidine groups is 1. The molecule has 1 rings (SSSR count). The van der Waals surface area contributed by atoms with E-state index in [0.717, 1.165) is 11.5 Å². The van der Waals surface area contributed by atoms with Gasteiger partial charge in [-0.05, 0) is 6.92 Å².